The minimum atomic E-state index is -1.39. The summed E-state index contributed by atoms with van der Waals surface area (Å²) in [6.07, 6.45) is -0.566. The average Bonchev–Trinajstić information content (AvgIpc) is 3.69. The van der Waals surface area contributed by atoms with E-state index in [0.29, 0.717) is 35.6 Å². The number of thioether (sulfide) groups is 1. The summed E-state index contributed by atoms with van der Waals surface area (Å²) >= 11 is 1.34. The van der Waals surface area contributed by atoms with Crippen molar-refractivity contribution in [1.82, 2.24) is 24.6 Å². The first-order valence-electron chi connectivity index (χ1n) is 19.5. The fourth-order valence-corrected chi connectivity index (χ4v) is 10.5. The minimum Gasteiger partial charge on any atom is -0.458 e. The van der Waals surface area contributed by atoms with Crippen LogP contribution in [0.15, 0.2) is 12.5 Å². The molecule has 0 amide bonds. The summed E-state index contributed by atoms with van der Waals surface area (Å²) in [5.74, 6) is -5.51. The number of aliphatic hydroxyl groups excluding tert-OH is 1. The molecule has 2 aromatic heterocycles. The summed E-state index contributed by atoms with van der Waals surface area (Å²) < 4.78 is 32.9. The van der Waals surface area contributed by atoms with Crippen molar-refractivity contribution in [2.75, 3.05) is 32.7 Å². The van der Waals surface area contributed by atoms with E-state index >= 15 is 0 Å². The topological polar surface area (TPSA) is 208 Å². The molecule has 0 unspecified atom stereocenters. The quantitative estimate of drug-likeness (QED) is 0.276. The van der Waals surface area contributed by atoms with Gasteiger partial charge in [-0.15, -0.1) is 11.8 Å². The predicted octanol–water partition coefficient (Wildman–Crippen LogP) is 3.07. The standard InChI is InChI=1S/C39H60N6O10S/c1-12-26-39(8)27(31(36(50)55-39)56-14-13-45-34-24(17-43-45)33(40)41-18-42-34)21(4)28(46)19(2)16-38(7,51-11)32(22(5)29(47)23(6)35(49)53-26)54-37-30(48)25(44(9)10)15-20(3)52-37/h17-23,25-27,30-32,37,48H,12-16H2,1-11H3,(H2,40,41,42)/t19-,20-,21-,22+,23-,25+,26-,27+,30-,31+,32-,37+,38-,39-/m1/s1. The minimum absolute atomic E-state index is 0.119. The highest BCUT2D eigenvalue weighted by atomic mass is 32.2. The Hall–Kier alpha value is -3.22. The molecule has 2 aromatic rings. The molecule has 5 rings (SSSR count). The second-order valence-electron chi connectivity index (χ2n) is 16.5. The zero-order chi connectivity index (χ0) is 41.4. The van der Waals surface area contributed by atoms with Gasteiger partial charge in [-0.1, -0.05) is 27.7 Å². The molecule has 0 aliphatic carbocycles. The number of ether oxygens (including phenoxy) is 5. The Morgan fingerprint density at radius 2 is 1.75 bits per heavy atom. The summed E-state index contributed by atoms with van der Waals surface area (Å²) in [4.78, 5) is 67.1. The molecule has 0 saturated carbocycles. The lowest BCUT2D eigenvalue weighted by atomic mass is 9.70. The van der Waals surface area contributed by atoms with Crippen molar-refractivity contribution in [3.63, 3.8) is 0 Å². The normalized spacial score (nSPS) is 39.0. The zero-order valence-corrected chi connectivity index (χ0v) is 35.3. The van der Waals surface area contributed by atoms with E-state index in [4.69, 9.17) is 29.4 Å². The van der Waals surface area contributed by atoms with Crippen molar-refractivity contribution < 1.29 is 48.0 Å². The van der Waals surface area contributed by atoms with E-state index in [1.807, 2.05) is 32.8 Å². The highest BCUT2D eigenvalue weighted by Gasteiger charge is 2.61. The summed E-state index contributed by atoms with van der Waals surface area (Å²) in [5, 5.41) is 15.7. The van der Waals surface area contributed by atoms with Crippen molar-refractivity contribution in [3.8, 4) is 0 Å². The number of aryl methyl sites for hydroxylation is 1. The summed E-state index contributed by atoms with van der Waals surface area (Å²) in [5.41, 5.74) is 3.89. The number of aliphatic hydroxyl groups is 1. The van der Waals surface area contributed by atoms with Gasteiger partial charge in [0.15, 0.2) is 23.3 Å². The first kappa shape index (κ1) is 43.9. The van der Waals surface area contributed by atoms with Gasteiger partial charge in [-0.05, 0) is 61.1 Å². The number of nitrogens with two attached hydrogens (primary N) is 1. The molecule has 0 bridgehead atoms. The van der Waals surface area contributed by atoms with E-state index in [1.165, 1.54) is 32.1 Å². The Labute approximate surface area is 333 Å². The number of nitrogens with zero attached hydrogens (tertiary/aromatic N) is 5. The maximum absolute atomic E-state index is 14.7. The van der Waals surface area contributed by atoms with Crippen LogP contribution in [0.3, 0.4) is 0 Å². The Morgan fingerprint density at radius 3 is 2.39 bits per heavy atom. The van der Waals surface area contributed by atoms with Gasteiger partial charge in [0.2, 0.25) is 0 Å². The van der Waals surface area contributed by atoms with Crippen molar-refractivity contribution in [3.05, 3.63) is 12.5 Å². The molecular weight excluding hydrogens is 745 g/mol. The van der Waals surface area contributed by atoms with Crippen LogP contribution in [0.1, 0.15) is 74.7 Å². The third-order valence-electron chi connectivity index (χ3n) is 12.4. The molecule has 5 heterocycles. The third-order valence-corrected chi connectivity index (χ3v) is 13.6. The van der Waals surface area contributed by atoms with Gasteiger partial charge in [0.25, 0.3) is 0 Å². The molecule has 56 heavy (non-hydrogen) atoms. The molecule has 3 saturated heterocycles. The lowest BCUT2D eigenvalue weighted by Crippen LogP contribution is -2.59. The highest BCUT2D eigenvalue weighted by Crippen LogP contribution is 2.49. The Morgan fingerprint density at radius 1 is 1.05 bits per heavy atom. The number of likely N-dealkylation sites (N-methyl/N-ethyl adjacent to an activating group) is 1. The van der Waals surface area contributed by atoms with Crippen LogP contribution in [0.25, 0.3) is 11.0 Å². The lowest BCUT2D eigenvalue weighted by molar-refractivity contribution is -0.295. The molecule has 0 spiro atoms. The van der Waals surface area contributed by atoms with Crippen LogP contribution in [-0.4, -0.2) is 133 Å². The van der Waals surface area contributed by atoms with E-state index in [9.17, 15) is 24.3 Å². The number of cyclic esters (lactones) is 1. The van der Waals surface area contributed by atoms with Crippen LogP contribution in [0.4, 0.5) is 5.82 Å². The number of fused-ring (bicyclic) bond motifs is 2. The van der Waals surface area contributed by atoms with Crippen molar-refractivity contribution >= 4 is 52.1 Å². The molecular formula is C39H60N6O10S. The lowest BCUT2D eigenvalue weighted by Gasteiger charge is -2.47. The number of hydrogen-bond acceptors (Lipinski definition) is 16. The number of hydrogen-bond donors (Lipinski definition) is 2. The largest absolute Gasteiger partial charge is 0.458 e. The van der Waals surface area contributed by atoms with Gasteiger partial charge >= 0.3 is 11.9 Å². The maximum Gasteiger partial charge on any atom is 0.320 e. The number of anilines is 1. The van der Waals surface area contributed by atoms with Crippen LogP contribution in [0.5, 0.6) is 0 Å². The number of esters is 2. The number of ketones is 2. The average molecular weight is 805 g/mol. The molecule has 312 valence electrons. The van der Waals surface area contributed by atoms with Gasteiger partial charge in [0.05, 0.1) is 35.9 Å². The number of aromatic nitrogens is 4. The van der Waals surface area contributed by atoms with Gasteiger partial charge in [0.1, 0.15) is 41.3 Å². The maximum atomic E-state index is 14.7. The zero-order valence-electron chi connectivity index (χ0n) is 34.5. The van der Waals surface area contributed by atoms with Crippen molar-refractivity contribution in [2.24, 2.45) is 29.6 Å². The number of Topliss-reactive ketones (excluding diaryl/α,β-unsaturated/α-hetero) is 2. The molecule has 3 fully saturated rings. The van der Waals surface area contributed by atoms with Crippen LogP contribution >= 0.6 is 11.8 Å². The van der Waals surface area contributed by atoms with E-state index in [2.05, 4.69) is 15.1 Å². The molecule has 3 N–H and O–H groups in total. The van der Waals surface area contributed by atoms with Crippen molar-refractivity contribution in [2.45, 2.75) is 134 Å². The van der Waals surface area contributed by atoms with Gasteiger partial charge in [-0.3, -0.25) is 19.2 Å². The van der Waals surface area contributed by atoms with Crippen LogP contribution in [0.2, 0.25) is 0 Å². The number of methoxy groups -OCH3 is 1. The van der Waals surface area contributed by atoms with Gasteiger partial charge < -0.3 is 39.4 Å². The molecule has 0 aromatic carbocycles. The van der Waals surface area contributed by atoms with Crippen LogP contribution in [0, 0.1) is 29.6 Å². The smallest absolute Gasteiger partial charge is 0.320 e. The molecule has 16 nitrogen and oxygen atoms in total. The number of carbonyl (C=O) groups excluding carboxylic acids is 4. The van der Waals surface area contributed by atoms with E-state index < -0.39 is 88.4 Å². The Kier molecular flexibility index (Phi) is 13.6. The monoisotopic (exact) mass is 804 g/mol. The van der Waals surface area contributed by atoms with Gasteiger partial charge in [-0.2, -0.15) is 5.10 Å². The first-order valence-corrected chi connectivity index (χ1v) is 20.6. The molecule has 17 heteroatoms. The van der Waals surface area contributed by atoms with E-state index in [0.717, 1.165) is 0 Å². The second kappa shape index (κ2) is 17.3. The highest BCUT2D eigenvalue weighted by molar-refractivity contribution is 8.00. The summed E-state index contributed by atoms with van der Waals surface area (Å²) in [6, 6.07) is -0.286. The molecule has 14 atom stereocenters. The molecule has 3 aliphatic rings. The van der Waals surface area contributed by atoms with Crippen LogP contribution < -0.4 is 5.73 Å². The van der Waals surface area contributed by atoms with E-state index in [-0.39, 0.29) is 30.8 Å². The number of nitrogen functional groups attached to an aromatic ring is 1. The number of carbonyl (C=O) groups is 4. The van der Waals surface area contributed by atoms with Crippen LogP contribution in [-0.2, 0) is 49.4 Å². The molecule has 3 aliphatic heterocycles. The number of rotatable bonds is 9. The first-order chi connectivity index (χ1) is 26.3. The molecule has 0 radical (unpaired) electrons. The fourth-order valence-electron chi connectivity index (χ4n) is 9.09. The second-order valence-corrected chi connectivity index (χ2v) is 17.7. The van der Waals surface area contributed by atoms with E-state index in [1.54, 1.807) is 45.5 Å². The van der Waals surface area contributed by atoms with Gasteiger partial charge in [-0.25, -0.2) is 14.6 Å². The Balaban J connectivity index is 1.50. The van der Waals surface area contributed by atoms with Gasteiger partial charge in [0, 0.05) is 42.6 Å². The predicted molar refractivity (Wildman–Crippen MR) is 208 cm³/mol. The van der Waals surface area contributed by atoms with Crippen molar-refractivity contribution in [1.29, 1.82) is 0 Å². The Bertz CT molecular complexity index is 1760. The SMILES string of the molecule is CC[C@H]1OC(=O)[C@H](C)C(=O)[C@H](C)[C@@H](O[C@@H]2O[C@H](C)C[C@H](N(C)C)[C@H]2O)[C@](C)(OC)C[C@@H](C)C(=O)[C@H](C)[C@H]2[C@H](SCCn3ncc4c(N)ncnc43)C(=O)O[C@@]21C. The summed E-state index contributed by atoms with van der Waals surface area (Å²) in [7, 11) is 5.22. The third kappa shape index (κ3) is 8.35. The fraction of sp³-hybridized carbons (Fsp3) is 0.769. The summed E-state index contributed by atoms with van der Waals surface area (Å²) in [6.45, 7) is 14.3.